The van der Waals surface area contributed by atoms with Crippen molar-refractivity contribution in [2.24, 2.45) is 0 Å². The molecule has 2 aliphatic rings. The fourth-order valence-electron chi connectivity index (χ4n) is 10.5. The fourth-order valence-corrected chi connectivity index (χ4v) is 10.5. The van der Waals surface area contributed by atoms with E-state index >= 15 is 0 Å². The van der Waals surface area contributed by atoms with Crippen molar-refractivity contribution in [3.05, 3.63) is 280 Å². The molecule has 0 saturated carbocycles. The highest BCUT2D eigenvalue weighted by Crippen LogP contribution is 2.63. The maximum atomic E-state index is 2.55. The molecule has 0 spiro atoms. The zero-order chi connectivity index (χ0) is 39.2. The molecule has 0 heteroatoms. The molecule has 0 N–H and O–H groups in total. The minimum atomic E-state index is -0.484. The standard InChI is InChI=1S/C59H44/c1-5-16-41(17-6-1)36-43-28-32-53-54-33-29-44(37-42-18-7-2-8-19-42)39-56(54)58(55(53)38-43)59(48-22-9-3-10-23-48,49-24-11-4-12-25-49)57-35-31-47-40-46(30-34-52(47)57)51-27-15-21-45-20-13-14-26-50(45)51/h1-35,38-40,57-58H,36-37H2. The van der Waals surface area contributed by atoms with Crippen molar-refractivity contribution in [1.82, 2.24) is 0 Å². The van der Waals surface area contributed by atoms with E-state index in [2.05, 4.69) is 231 Å². The Bertz CT molecular complexity index is 2840. The van der Waals surface area contributed by atoms with Gasteiger partial charge in [0.05, 0.1) is 0 Å². The first-order valence-electron chi connectivity index (χ1n) is 21.0. The maximum Gasteiger partial charge on any atom is 0.0415 e. The summed E-state index contributed by atoms with van der Waals surface area (Å²) >= 11 is 0. The fraction of sp³-hybridized carbons (Fsp3) is 0.0847. The van der Waals surface area contributed by atoms with Crippen LogP contribution in [0.25, 0.3) is 39.1 Å². The van der Waals surface area contributed by atoms with Crippen LogP contribution in [0.15, 0.2) is 224 Å². The summed E-state index contributed by atoms with van der Waals surface area (Å²) in [4.78, 5) is 0. The van der Waals surface area contributed by atoms with Gasteiger partial charge >= 0.3 is 0 Å². The first-order valence-corrected chi connectivity index (χ1v) is 21.0. The van der Waals surface area contributed by atoms with Crippen LogP contribution < -0.4 is 0 Å². The summed E-state index contributed by atoms with van der Waals surface area (Å²) in [5.74, 6) is 0.0883. The number of rotatable bonds is 9. The van der Waals surface area contributed by atoms with Crippen molar-refractivity contribution in [3.8, 4) is 22.3 Å². The van der Waals surface area contributed by atoms with Gasteiger partial charge in [0, 0.05) is 17.3 Å². The third-order valence-electron chi connectivity index (χ3n) is 13.1. The first-order chi connectivity index (χ1) is 29.2. The van der Waals surface area contributed by atoms with Crippen molar-refractivity contribution in [3.63, 3.8) is 0 Å². The minimum absolute atomic E-state index is 0.0297. The van der Waals surface area contributed by atoms with Gasteiger partial charge < -0.3 is 0 Å². The lowest BCUT2D eigenvalue weighted by atomic mass is 9.55. The molecular formula is C59H44. The number of hydrogen-bond acceptors (Lipinski definition) is 0. The molecule has 9 aromatic rings. The Morgan fingerprint density at radius 1 is 0.373 bits per heavy atom. The Morgan fingerprint density at radius 2 is 0.898 bits per heavy atom. The van der Waals surface area contributed by atoms with Gasteiger partial charge in [-0.05, 0) is 108 Å². The minimum Gasteiger partial charge on any atom is -0.0751 e. The molecule has 2 aliphatic carbocycles. The number of benzene rings is 9. The lowest BCUT2D eigenvalue weighted by molar-refractivity contribution is 0.416. The number of fused-ring (bicyclic) bond motifs is 5. The average Bonchev–Trinajstić information content (AvgIpc) is 3.87. The van der Waals surface area contributed by atoms with E-state index in [1.165, 1.54) is 88.7 Å². The van der Waals surface area contributed by atoms with E-state index in [0.717, 1.165) is 12.8 Å². The molecule has 59 heavy (non-hydrogen) atoms. The Labute approximate surface area is 347 Å². The van der Waals surface area contributed by atoms with Crippen molar-refractivity contribution >= 4 is 16.8 Å². The number of allylic oxidation sites excluding steroid dienone is 1. The van der Waals surface area contributed by atoms with Crippen molar-refractivity contribution in [1.29, 1.82) is 0 Å². The average molecular weight is 753 g/mol. The van der Waals surface area contributed by atoms with E-state index in [0.29, 0.717) is 0 Å². The summed E-state index contributed by atoms with van der Waals surface area (Å²) in [6, 6.07) is 82.0. The van der Waals surface area contributed by atoms with E-state index in [4.69, 9.17) is 0 Å². The van der Waals surface area contributed by atoms with E-state index < -0.39 is 5.41 Å². The van der Waals surface area contributed by atoms with Crippen LogP contribution in [0, 0.1) is 0 Å². The van der Waals surface area contributed by atoms with Gasteiger partial charge in [-0.15, -0.1) is 0 Å². The molecule has 0 aromatic heterocycles. The summed E-state index contributed by atoms with van der Waals surface area (Å²) in [5, 5.41) is 2.55. The zero-order valence-corrected chi connectivity index (χ0v) is 33.0. The topological polar surface area (TPSA) is 0 Å². The highest BCUT2D eigenvalue weighted by Gasteiger charge is 2.53. The molecule has 9 aromatic carbocycles. The number of hydrogen-bond donors (Lipinski definition) is 0. The second-order valence-corrected chi connectivity index (χ2v) is 16.4. The van der Waals surface area contributed by atoms with Crippen LogP contribution in [0.5, 0.6) is 0 Å². The first kappa shape index (κ1) is 35.2. The highest BCUT2D eigenvalue weighted by atomic mass is 14.5. The Hall–Kier alpha value is -7.02. The monoisotopic (exact) mass is 752 g/mol. The molecule has 280 valence electrons. The lowest BCUT2D eigenvalue weighted by Crippen LogP contribution is -2.40. The van der Waals surface area contributed by atoms with Gasteiger partial charge in [0.2, 0.25) is 0 Å². The van der Waals surface area contributed by atoms with Gasteiger partial charge in [0.1, 0.15) is 0 Å². The van der Waals surface area contributed by atoms with E-state index in [-0.39, 0.29) is 11.8 Å². The van der Waals surface area contributed by atoms with Crippen molar-refractivity contribution in [2.45, 2.75) is 30.1 Å². The molecule has 11 rings (SSSR count). The van der Waals surface area contributed by atoms with Crippen LogP contribution in [-0.2, 0) is 18.3 Å². The summed E-state index contributed by atoms with van der Waals surface area (Å²) in [6.45, 7) is 0. The van der Waals surface area contributed by atoms with Gasteiger partial charge in [-0.1, -0.05) is 224 Å². The predicted octanol–water partition coefficient (Wildman–Crippen LogP) is 14.6. The second kappa shape index (κ2) is 14.7. The van der Waals surface area contributed by atoms with Crippen molar-refractivity contribution < 1.29 is 0 Å². The summed E-state index contributed by atoms with van der Waals surface area (Å²) < 4.78 is 0. The molecular weight excluding hydrogens is 709 g/mol. The van der Waals surface area contributed by atoms with Crippen LogP contribution in [0.3, 0.4) is 0 Å². The van der Waals surface area contributed by atoms with Gasteiger partial charge in [-0.3, -0.25) is 0 Å². The molecule has 1 unspecified atom stereocenters. The molecule has 0 amide bonds. The SMILES string of the molecule is C1=CC(C(c2ccccc2)(c2ccccc2)C2c3cc(Cc4ccccc4)ccc3-c3ccc(Cc4ccccc4)cc32)c2ccc(-c3cccc4ccccc34)cc21. The molecule has 0 nitrogen and oxygen atoms in total. The Balaban J connectivity index is 1.16. The van der Waals surface area contributed by atoms with Crippen molar-refractivity contribution in [2.75, 3.05) is 0 Å². The normalized spacial score (nSPS) is 14.3. The molecule has 0 aliphatic heterocycles. The summed E-state index contributed by atoms with van der Waals surface area (Å²) in [5.41, 5.74) is 18.2. The third kappa shape index (κ3) is 6.07. The largest absolute Gasteiger partial charge is 0.0751 e. The lowest BCUT2D eigenvalue weighted by Gasteiger charge is -2.46. The maximum absolute atomic E-state index is 2.55. The molecule has 1 atom stereocenters. The smallest absolute Gasteiger partial charge is 0.0415 e. The van der Waals surface area contributed by atoms with E-state index in [9.17, 15) is 0 Å². The highest BCUT2D eigenvalue weighted by molar-refractivity contribution is 5.97. The van der Waals surface area contributed by atoms with Crippen LogP contribution >= 0.6 is 0 Å². The van der Waals surface area contributed by atoms with Crippen LogP contribution in [0.2, 0.25) is 0 Å². The predicted molar refractivity (Wildman–Crippen MR) is 247 cm³/mol. The van der Waals surface area contributed by atoms with Crippen LogP contribution in [0.4, 0.5) is 0 Å². The van der Waals surface area contributed by atoms with Gasteiger partial charge in [-0.2, -0.15) is 0 Å². The van der Waals surface area contributed by atoms with Crippen LogP contribution in [-0.4, -0.2) is 0 Å². The summed E-state index contributed by atoms with van der Waals surface area (Å²) in [7, 11) is 0. The third-order valence-corrected chi connectivity index (χ3v) is 13.1. The second-order valence-electron chi connectivity index (χ2n) is 16.4. The molecule has 0 saturated heterocycles. The quantitative estimate of drug-likeness (QED) is 0.138. The Kier molecular flexibility index (Phi) is 8.78. The van der Waals surface area contributed by atoms with Gasteiger partial charge in [0.15, 0.2) is 0 Å². The molecule has 0 radical (unpaired) electrons. The van der Waals surface area contributed by atoms with Crippen LogP contribution in [0.1, 0.15) is 67.5 Å². The van der Waals surface area contributed by atoms with E-state index in [1.807, 2.05) is 0 Å². The van der Waals surface area contributed by atoms with Gasteiger partial charge in [-0.25, -0.2) is 0 Å². The zero-order valence-electron chi connectivity index (χ0n) is 33.0. The molecule has 0 heterocycles. The van der Waals surface area contributed by atoms with Gasteiger partial charge in [0.25, 0.3) is 0 Å². The van der Waals surface area contributed by atoms with E-state index in [1.54, 1.807) is 0 Å². The molecule has 0 fully saturated rings. The Morgan fingerprint density at radius 3 is 1.49 bits per heavy atom. The molecule has 0 bridgehead atoms. The summed E-state index contributed by atoms with van der Waals surface area (Å²) in [6.07, 6.45) is 6.72.